The minimum absolute atomic E-state index is 0.00984. The standard InChI is InChI=1S/C20H22F2N4O3/c21-19(22)29-15-7-5-14(6-8-15)25-17(27)12-26-11-3-9-20(13-26,18(23)28)16-4-1-2-10-24-16/h1-2,4-8,10,19H,3,9,11-13H2,(H2,23,28)(H,25,27)/t20-/m0/s1. The van der Waals surface area contributed by atoms with Gasteiger partial charge in [-0.3, -0.25) is 19.5 Å². The van der Waals surface area contributed by atoms with Gasteiger partial charge in [0.1, 0.15) is 11.2 Å². The Morgan fingerprint density at radius 1 is 1.24 bits per heavy atom. The van der Waals surface area contributed by atoms with Gasteiger partial charge in [-0.2, -0.15) is 8.78 Å². The van der Waals surface area contributed by atoms with Crippen LogP contribution < -0.4 is 15.8 Å². The number of carbonyl (C=O) groups is 2. The van der Waals surface area contributed by atoms with Crippen molar-refractivity contribution in [1.82, 2.24) is 9.88 Å². The number of halogens is 2. The maximum Gasteiger partial charge on any atom is 0.387 e. The number of primary amides is 1. The maximum absolute atomic E-state index is 12.4. The Labute approximate surface area is 166 Å². The van der Waals surface area contributed by atoms with Crippen molar-refractivity contribution in [3.63, 3.8) is 0 Å². The van der Waals surface area contributed by atoms with Crippen LogP contribution in [0.25, 0.3) is 0 Å². The van der Waals surface area contributed by atoms with Gasteiger partial charge in [0.05, 0.1) is 12.2 Å². The molecule has 0 radical (unpaired) electrons. The van der Waals surface area contributed by atoms with Crippen molar-refractivity contribution < 1.29 is 23.1 Å². The summed E-state index contributed by atoms with van der Waals surface area (Å²) >= 11 is 0. The zero-order valence-corrected chi connectivity index (χ0v) is 15.7. The van der Waals surface area contributed by atoms with Crippen molar-refractivity contribution in [2.45, 2.75) is 24.9 Å². The number of benzene rings is 1. The number of piperidine rings is 1. The highest BCUT2D eigenvalue weighted by Crippen LogP contribution is 2.32. The summed E-state index contributed by atoms with van der Waals surface area (Å²) in [6.07, 6.45) is 2.89. The first-order chi connectivity index (χ1) is 13.9. The molecule has 0 aliphatic carbocycles. The van der Waals surface area contributed by atoms with Crippen LogP contribution in [-0.4, -0.2) is 47.9 Å². The molecule has 2 amide bonds. The highest BCUT2D eigenvalue weighted by Gasteiger charge is 2.43. The third-order valence-corrected chi connectivity index (χ3v) is 4.93. The van der Waals surface area contributed by atoms with Gasteiger partial charge in [-0.05, 0) is 55.8 Å². The summed E-state index contributed by atoms with van der Waals surface area (Å²) in [7, 11) is 0. The van der Waals surface area contributed by atoms with Gasteiger partial charge in [0, 0.05) is 18.4 Å². The van der Waals surface area contributed by atoms with E-state index in [2.05, 4.69) is 15.0 Å². The van der Waals surface area contributed by atoms with Gasteiger partial charge in [0.25, 0.3) is 0 Å². The van der Waals surface area contributed by atoms with E-state index < -0.39 is 17.9 Å². The monoisotopic (exact) mass is 404 g/mol. The second kappa shape index (κ2) is 8.95. The van der Waals surface area contributed by atoms with Crippen LogP contribution in [-0.2, 0) is 15.0 Å². The molecule has 3 N–H and O–H groups in total. The second-order valence-electron chi connectivity index (χ2n) is 6.93. The number of alkyl halides is 2. The lowest BCUT2D eigenvalue weighted by Gasteiger charge is -2.40. The van der Waals surface area contributed by atoms with E-state index in [0.29, 0.717) is 37.3 Å². The molecular weight excluding hydrogens is 382 g/mol. The minimum Gasteiger partial charge on any atom is -0.435 e. The van der Waals surface area contributed by atoms with Crippen LogP contribution in [0.1, 0.15) is 18.5 Å². The van der Waals surface area contributed by atoms with E-state index in [9.17, 15) is 18.4 Å². The number of amides is 2. The van der Waals surface area contributed by atoms with Crippen molar-refractivity contribution in [2.75, 3.05) is 25.0 Å². The lowest BCUT2D eigenvalue weighted by atomic mass is 9.76. The van der Waals surface area contributed by atoms with E-state index in [1.807, 2.05) is 4.90 Å². The summed E-state index contributed by atoms with van der Waals surface area (Å²) in [5.41, 5.74) is 5.85. The van der Waals surface area contributed by atoms with Gasteiger partial charge in [-0.25, -0.2) is 0 Å². The Morgan fingerprint density at radius 2 is 2.00 bits per heavy atom. The molecule has 2 aromatic rings. The molecule has 7 nitrogen and oxygen atoms in total. The molecule has 1 saturated heterocycles. The molecule has 0 spiro atoms. The highest BCUT2D eigenvalue weighted by atomic mass is 19.3. The number of ether oxygens (including phenoxy) is 1. The van der Waals surface area contributed by atoms with Crippen molar-refractivity contribution in [3.05, 3.63) is 54.4 Å². The van der Waals surface area contributed by atoms with Crippen LogP contribution >= 0.6 is 0 Å². The Morgan fingerprint density at radius 3 is 2.62 bits per heavy atom. The van der Waals surface area contributed by atoms with Crippen molar-refractivity contribution in [3.8, 4) is 5.75 Å². The Balaban J connectivity index is 1.64. The lowest BCUT2D eigenvalue weighted by molar-refractivity contribution is -0.127. The van der Waals surface area contributed by atoms with Gasteiger partial charge >= 0.3 is 6.61 Å². The first-order valence-corrected chi connectivity index (χ1v) is 9.17. The molecule has 1 aliphatic rings. The summed E-state index contributed by atoms with van der Waals surface area (Å²) in [5, 5.41) is 2.71. The van der Waals surface area contributed by atoms with E-state index in [0.717, 1.165) is 0 Å². The number of hydrogen-bond acceptors (Lipinski definition) is 5. The first kappa shape index (κ1) is 20.7. The molecule has 2 heterocycles. The molecule has 3 rings (SSSR count). The average molecular weight is 404 g/mol. The zero-order valence-electron chi connectivity index (χ0n) is 15.7. The van der Waals surface area contributed by atoms with E-state index in [4.69, 9.17) is 5.73 Å². The van der Waals surface area contributed by atoms with Crippen LogP contribution in [0.5, 0.6) is 5.75 Å². The number of nitrogens with two attached hydrogens (primary N) is 1. The Kier molecular flexibility index (Phi) is 6.38. The van der Waals surface area contributed by atoms with Crippen LogP contribution in [0.4, 0.5) is 14.5 Å². The number of nitrogens with zero attached hydrogens (tertiary/aromatic N) is 2. The smallest absolute Gasteiger partial charge is 0.387 e. The number of pyridine rings is 1. The van der Waals surface area contributed by atoms with Crippen LogP contribution in [0.15, 0.2) is 48.7 Å². The molecule has 0 saturated carbocycles. The summed E-state index contributed by atoms with van der Waals surface area (Å²) in [6.45, 7) is -1.89. The fourth-order valence-electron chi connectivity index (χ4n) is 3.58. The van der Waals surface area contributed by atoms with Gasteiger partial charge in [-0.15, -0.1) is 0 Å². The van der Waals surface area contributed by atoms with Crippen molar-refractivity contribution in [1.29, 1.82) is 0 Å². The van der Waals surface area contributed by atoms with Gasteiger partial charge in [0.2, 0.25) is 11.8 Å². The molecule has 0 unspecified atom stereocenters. The molecule has 29 heavy (non-hydrogen) atoms. The van der Waals surface area contributed by atoms with Gasteiger partial charge in [-0.1, -0.05) is 6.07 Å². The normalized spacial score (nSPS) is 19.7. The molecular formula is C20H22F2N4O3. The third-order valence-electron chi connectivity index (χ3n) is 4.93. The third kappa shape index (κ3) is 5.05. The molecule has 154 valence electrons. The number of anilines is 1. The maximum atomic E-state index is 12.4. The molecule has 1 aromatic heterocycles. The topological polar surface area (TPSA) is 97.6 Å². The number of hydrogen-bond donors (Lipinski definition) is 2. The van der Waals surface area contributed by atoms with E-state index in [1.54, 1.807) is 24.4 Å². The summed E-state index contributed by atoms with van der Waals surface area (Å²) in [4.78, 5) is 30.9. The van der Waals surface area contributed by atoms with Crippen molar-refractivity contribution in [2.24, 2.45) is 5.73 Å². The number of nitrogens with one attached hydrogen (secondary N) is 1. The van der Waals surface area contributed by atoms with Crippen LogP contribution in [0, 0.1) is 0 Å². The van der Waals surface area contributed by atoms with E-state index >= 15 is 0 Å². The summed E-state index contributed by atoms with van der Waals surface area (Å²) in [6, 6.07) is 11.0. The van der Waals surface area contributed by atoms with Crippen molar-refractivity contribution >= 4 is 17.5 Å². The fourth-order valence-corrected chi connectivity index (χ4v) is 3.58. The average Bonchev–Trinajstić information content (AvgIpc) is 2.69. The second-order valence-corrected chi connectivity index (χ2v) is 6.93. The molecule has 1 atom stereocenters. The lowest BCUT2D eigenvalue weighted by Crippen LogP contribution is -2.55. The number of aromatic nitrogens is 1. The predicted octanol–water partition coefficient (Wildman–Crippen LogP) is 2.14. The fraction of sp³-hybridized carbons (Fsp3) is 0.350. The minimum atomic E-state index is -2.90. The van der Waals surface area contributed by atoms with Gasteiger partial charge < -0.3 is 15.8 Å². The number of carbonyl (C=O) groups excluding carboxylic acids is 2. The molecule has 0 bridgehead atoms. The predicted molar refractivity (Wildman–Crippen MR) is 102 cm³/mol. The van der Waals surface area contributed by atoms with Crippen LogP contribution in [0.3, 0.4) is 0 Å². The Hall–Kier alpha value is -3.07. The highest BCUT2D eigenvalue weighted by molar-refractivity contribution is 5.92. The number of rotatable bonds is 7. The van der Waals surface area contributed by atoms with E-state index in [1.165, 1.54) is 24.3 Å². The van der Waals surface area contributed by atoms with Crippen LogP contribution in [0.2, 0.25) is 0 Å². The SMILES string of the molecule is NC(=O)[C@@]1(c2ccccn2)CCCN(CC(=O)Nc2ccc(OC(F)F)cc2)C1. The Bertz CT molecular complexity index is 849. The first-order valence-electron chi connectivity index (χ1n) is 9.17. The number of likely N-dealkylation sites (tertiary alicyclic amines) is 1. The largest absolute Gasteiger partial charge is 0.435 e. The summed E-state index contributed by atoms with van der Waals surface area (Å²) in [5.74, 6) is -0.736. The summed E-state index contributed by atoms with van der Waals surface area (Å²) < 4.78 is 28.7. The molecule has 1 fully saturated rings. The molecule has 9 heteroatoms. The quantitative estimate of drug-likeness (QED) is 0.737. The molecule has 1 aliphatic heterocycles. The zero-order chi connectivity index (χ0) is 20.9. The molecule has 1 aromatic carbocycles. The van der Waals surface area contributed by atoms with Gasteiger partial charge in [0.15, 0.2) is 0 Å². The van der Waals surface area contributed by atoms with E-state index in [-0.39, 0.29) is 18.2 Å².